The molecule has 6 unspecified atom stereocenters. The van der Waals surface area contributed by atoms with Gasteiger partial charge in [0.15, 0.2) is 57.7 Å². The van der Waals surface area contributed by atoms with Gasteiger partial charge in [-0.25, -0.2) is 0 Å². The third-order valence-corrected chi connectivity index (χ3v) is 12.6. The van der Waals surface area contributed by atoms with Crippen LogP contribution in [0, 0.1) is 23.7 Å². The van der Waals surface area contributed by atoms with Gasteiger partial charge in [-0.1, -0.05) is 72.9 Å². The van der Waals surface area contributed by atoms with E-state index in [9.17, 15) is 59.4 Å². The van der Waals surface area contributed by atoms with Gasteiger partial charge in [-0.3, -0.25) is 28.8 Å². The summed E-state index contributed by atoms with van der Waals surface area (Å²) in [6.07, 6.45) is 10.5. The fraction of sp³-hybridized carbons (Fsp3) is 0.176. The first kappa shape index (κ1) is 41.8. The van der Waals surface area contributed by atoms with Crippen molar-refractivity contribution in [1.82, 2.24) is 0 Å². The molecule has 0 saturated carbocycles. The maximum atomic E-state index is 13.9. The van der Waals surface area contributed by atoms with Gasteiger partial charge >= 0.3 is 0 Å². The Morgan fingerprint density at radius 1 is 0.485 bits per heavy atom. The molecular weight excluding hydrogens is 853 g/mol. The van der Waals surface area contributed by atoms with Gasteiger partial charge in [0, 0.05) is 28.8 Å². The van der Waals surface area contributed by atoms with E-state index in [1.54, 1.807) is 78.9 Å². The molecule has 15 heteroatoms. The molecule has 0 amide bonds. The quantitative estimate of drug-likeness (QED) is 0.111. The van der Waals surface area contributed by atoms with E-state index >= 15 is 0 Å². The van der Waals surface area contributed by atoms with Gasteiger partial charge in [0.25, 0.3) is 0 Å². The van der Waals surface area contributed by atoms with Crippen LogP contribution >= 0.6 is 0 Å². The van der Waals surface area contributed by atoms with Crippen LogP contribution in [0.1, 0.15) is 78.8 Å². The van der Waals surface area contributed by atoms with Crippen LogP contribution in [0.15, 0.2) is 126 Å². The molecule has 0 spiro atoms. The maximum Gasteiger partial charge on any atom is 0.198 e. The first-order valence-electron chi connectivity index (χ1n) is 20.8. The van der Waals surface area contributed by atoms with E-state index in [0.29, 0.717) is 16.7 Å². The summed E-state index contributed by atoms with van der Waals surface area (Å²) in [4.78, 5) is 82.3. The lowest BCUT2D eigenvalue weighted by molar-refractivity contribution is 0.0556. The Morgan fingerprint density at radius 2 is 0.879 bits per heavy atom. The number of allylic oxidation sites excluding steroid dienone is 9. The highest BCUT2D eigenvalue weighted by molar-refractivity contribution is 6.29. The molecule has 4 aromatic rings. The molecule has 6 N–H and O–H groups in total. The van der Waals surface area contributed by atoms with Gasteiger partial charge < -0.3 is 44.8 Å². The summed E-state index contributed by atoms with van der Waals surface area (Å²) in [7, 11) is 0. The van der Waals surface area contributed by atoms with Crippen molar-refractivity contribution in [3.63, 3.8) is 0 Å². The minimum atomic E-state index is -1.71. The number of ketones is 6. The second-order valence-corrected chi connectivity index (χ2v) is 16.6. The summed E-state index contributed by atoms with van der Waals surface area (Å²) in [6, 6.07) is 13.0. The van der Waals surface area contributed by atoms with Crippen molar-refractivity contribution in [3.05, 3.63) is 176 Å². The van der Waals surface area contributed by atoms with Crippen LogP contribution in [0.5, 0.6) is 34.5 Å². The van der Waals surface area contributed by atoms with Crippen molar-refractivity contribution in [2.75, 3.05) is 0 Å². The molecule has 6 atom stereocenters. The van der Waals surface area contributed by atoms with E-state index < -0.39 is 93.6 Å². The molecule has 6 aliphatic rings. The highest BCUT2D eigenvalue weighted by Gasteiger charge is 2.46. The zero-order chi connectivity index (χ0) is 46.3. The predicted octanol–water partition coefficient (Wildman–Crippen LogP) is 5.65. The van der Waals surface area contributed by atoms with Gasteiger partial charge in [-0.15, -0.1) is 0 Å². The molecule has 330 valence electrons. The number of hydrogen-bond acceptors (Lipinski definition) is 15. The number of carbonyl (C=O) groups excluding carboxylic acids is 6. The molecule has 0 aliphatic heterocycles. The number of carbonyl (C=O) groups is 6. The second kappa shape index (κ2) is 15.8. The number of ether oxygens (including phenoxy) is 3. The summed E-state index contributed by atoms with van der Waals surface area (Å²) in [5.74, 6) is -10.5. The molecule has 6 aliphatic carbocycles. The first-order chi connectivity index (χ1) is 31.7. The number of phenolic OH excluding ortho intramolecular Hbond substituents is 4. The molecule has 0 radical (unpaired) electrons. The number of rotatable bonds is 9. The minimum Gasteiger partial charge on any atom is -0.504 e. The topological polar surface area (TPSA) is 251 Å². The number of fused-ring (bicyclic) bond motifs is 5. The molecule has 0 saturated heterocycles. The zero-order valence-electron chi connectivity index (χ0n) is 34.3. The average Bonchev–Trinajstić information content (AvgIpc) is 3.32. The van der Waals surface area contributed by atoms with E-state index in [0.717, 1.165) is 18.2 Å². The Bertz CT molecular complexity index is 2960. The highest BCUT2D eigenvalue weighted by atomic mass is 16.5. The van der Waals surface area contributed by atoms with Crippen molar-refractivity contribution >= 4 is 34.7 Å². The van der Waals surface area contributed by atoms with E-state index in [4.69, 9.17) is 14.2 Å². The van der Waals surface area contributed by atoms with Crippen LogP contribution in [0.2, 0.25) is 0 Å². The van der Waals surface area contributed by atoms with E-state index in [1.165, 1.54) is 12.1 Å². The van der Waals surface area contributed by atoms with Crippen LogP contribution in [-0.4, -0.2) is 77.5 Å². The summed E-state index contributed by atoms with van der Waals surface area (Å²) in [5, 5.41) is 64.7. The van der Waals surface area contributed by atoms with Crippen molar-refractivity contribution in [2.45, 2.75) is 32.0 Å². The van der Waals surface area contributed by atoms with E-state index in [2.05, 4.69) is 0 Å². The Kier molecular flexibility index (Phi) is 10.0. The number of hydrogen-bond donors (Lipinski definition) is 6. The number of Topliss-reactive ketones (excluding diaryl/α,β-unsaturated/α-hetero) is 6. The Hall–Kier alpha value is -8.14. The summed E-state index contributed by atoms with van der Waals surface area (Å²) < 4.78 is 18.4. The lowest BCUT2D eigenvalue weighted by Crippen LogP contribution is -2.39. The van der Waals surface area contributed by atoms with Crippen LogP contribution in [-0.2, 0) is 24.6 Å². The summed E-state index contributed by atoms with van der Waals surface area (Å²) in [6.45, 7) is -0.992. The monoisotopic (exact) mass is 888 g/mol. The number of aliphatic hydroxyl groups is 2. The highest BCUT2D eigenvalue weighted by Crippen LogP contribution is 2.48. The molecule has 0 fully saturated rings. The fourth-order valence-electron chi connectivity index (χ4n) is 9.46. The Balaban J connectivity index is 1.00. The molecule has 0 heterocycles. The zero-order valence-corrected chi connectivity index (χ0v) is 34.3. The molecule has 10 rings (SSSR count). The second-order valence-electron chi connectivity index (χ2n) is 16.6. The molecule has 0 bridgehead atoms. The smallest absolute Gasteiger partial charge is 0.198 e. The summed E-state index contributed by atoms with van der Waals surface area (Å²) >= 11 is 0. The van der Waals surface area contributed by atoms with E-state index in [1.807, 2.05) is 0 Å². The molecular formula is C51H36O15. The third-order valence-electron chi connectivity index (χ3n) is 12.6. The standard InChI is InChI=1S/C51H36O15/c52-31-16-34(37-40(49(31)61)46(58)28-10-4-1-7-25(28)43(37)55)64-19-22-13-23(20-65-35-17-32(53)50(62)41-38(35)44(56)26-8-2-5-11-29(26)47(41)59)15-24(14-22)21-66-36-18-33(54)51(63)42-39(36)45(57)27-9-3-6-12-30(27)48(42)60/h1-18,25-26,28-29,33,51-54,61-63H,19-21H2. The van der Waals surface area contributed by atoms with Gasteiger partial charge in [-0.05, 0) is 41.0 Å². The Labute approximate surface area is 373 Å². The molecule has 0 aromatic heterocycles. The van der Waals surface area contributed by atoms with Crippen LogP contribution in [0.4, 0.5) is 0 Å². The van der Waals surface area contributed by atoms with Crippen molar-refractivity contribution in [2.24, 2.45) is 23.7 Å². The number of aromatic hydroxyl groups is 4. The van der Waals surface area contributed by atoms with E-state index in [-0.39, 0.29) is 81.6 Å². The number of phenols is 4. The lowest BCUT2D eigenvalue weighted by Gasteiger charge is -2.31. The van der Waals surface area contributed by atoms with Gasteiger partial charge in [0.1, 0.15) is 49.3 Å². The predicted molar refractivity (Wildman–Crippen MR) is 230 cm³/mol. The fourth-order valence-corrected chi connectivity index (χ4v) is 9.46. The molecule has 4 aromatic carbocycles. The van der Waals surface area contributed by atoms with Crippen molar-refractivity contribution in [1.29, 1.82) is 0 Å². The van der Waals surface area contributed by atoms with Crippen LogP contribution in [0.3, 0.4) is 0 Å². The van der Waals surface area contributed by atoms with Gasteiger partial charge in [0.05, 0.1) is 51.5 Å². The first-order valence-corrected chi connectivity index (χ1v) is 20.8. The van der Waals surface area contributed by atoms with Crippen molar-refractivity contribution < 1.29 is 73.6 Å². The average molecular weight is 889 g/mol. The number of benzene rings is 4. The number of aliphatic hydroxyl groups excluding tert-OH is 2. The van der Waals surface area contributed by atoms with Gasteiger partial charge in [0.2, 0.25) is 0 Å². The van der Waals surface area contributed by atoms with Crippen LogP contribution in [0.25, 0.3) is 0 Å². The largest absolute Gasteiger partial charge is 0.504 e. The van der Waals surface area contributed by atoms with Crippen molar-refractivity contribution in [3.8, 4) is 34.5 Å². The SMILES string of the molecule is O=C1C2=C(C(=O)c3ccccc31)C(O)C(O)C=C2OCc1cc(COc2cc(O)c(O)c3c2C(=O)C2C=CC=CC2C3=O)cc(COc2cc(O)c(O)c3c2C(=O)C2C=CC=CC2C3=O)c1. The normalized spacial score (nSPS) is 23.4. The van der Waals surface area contributed by atoms with Gasteiger partial charge in [-0.2, -0.15) is 0 Å². The molecule has 15 nitrogen and oxygen atoms in total. The molecule has 66 heavy (non-hydrogen) atoms. The van der Waals surface area contributed by atoms with Crippen LogP contribution < -0.4 is 9.47 Å². The Morgan fingerprint density at radius 3 is 1.32 bits per heavy atom. The maximum absolute atomic E-state index is 13.9. The minimum absolute atomic E-state index is 0.0633. The third kappa shape index (κ3) is 6.58. The summed E-state index contributed by atoms with van der Waals surface area (Å²) in [5.41, 5.74) is -0.471. The lowest BCUT2D eigenvalue weighted by atomic mass is 9.71.